The Labute approximate surface area is 164 Å². The minimum absolute atomic E-state index is 0.0404. The molecule has 4 rings (SSSR count). The summed E-state index contributed by atoms with van der Waals surface area (Å²) in [5, 5.41) is 0. The number of benzene rings is 2. The molecule has 0 saturated carbocycles. The molecule has 2 aromatic carbocycles. The van der Waals surface area contributed by atoms with Crippen LogP contribution in [0.3, 0.4) is 0 Å². The SMILES string of the molecule is COc1cccc(-c2ccc3ncn(-c4ccc(F)cc4F)c(=O)c3n2)c1OC. The van der Waals surface area contributed by atoms with E-state index in [4.69, 9.17) is 9.47 Å². The Morgan fingerprint density at radius 3 is 2.55 bits per heavy atom. The Hall–Kier alpha value is -3.81. The van der Waals surface area contributed by atoms with Crippen LogP contribution in [0.25, 0.3) is 28.0 Å². The Balaban J connectivity index is 1.93. The van der Waals surface area contributed by atoms with Gasteiger partial charge in [-0.25, -0.2) is 18.7 Å². The summed E-state index contributed by atoms with van der Waals surface area (Å²) < 4.78 is 39.1. The van der Waals surface area contributed by atoms with Crippen LogP contribution < -0.4 is 15.0 Å². The van der Waals surface area contributed by atoms with E-state index in [0.717, 1.165) is 10.6 Å². The average molecular weight is 395 g/mol. The molecule has 29 heavy (non-hydrogen) atoms. The molecule has 8 heteroatoms. The van der Waals surface area contributed by atoms with Gasteiger partial charge in [0, 0.05) is 11.6 Å². The van der Waals surface area contributed by atoms with Gasteiger partial charge >= 0.3 is 0 Å². The summed E-state index contributed by atoms with van der Waals surface area (Å²) in [5.41, 5.74) is 0.778. The monoisotopic (exact) mass is 395 g/mol. The van der Waals surface area contributed by atoms with Crippen molar-refractivity contribution >= 4 is 11.0 Å². The van der Waals surface area contributed by atoms with E-state index >= 15 is 0 Å². The standard InChI is InChI=1S/C21H15F2N3O3/c1-28-18-5-3-4-13(20(18)29-2)15-7-8-16-19(25-15)21(27)26(11-24-16)17-9-6-12(22)10-14(17)23/h3-11H,1-2H3. The second kappa shape index (κ2) is 7.31. The first-order chi connectivity index (χ1) is 14.0. The van der Waals surface area contributed by atoms with E-state index in [-0.39, 0.29) is 11.2 Å². The third kappa shape index (κ3) is 3.18. The van der Waals surface area contributed by atoms with Gasteiger partial charge in [-0.1, -0.05) is 6.07 Å². The average Bonchev–Trinajstić information content (AvgIpc) is 2.74. The molecule has 0 aliphatic carbocycles. The van der Waals surface area contributed by atoms with Crippen LogP contribution in [0.1, 0.15) is 0 Å². The molecule has 6 nitrogen and oxygen atoms in total. The van der Waals surface area contributed by atoms with Crippen LogP contribution in [0.15, 0.2) is 59.7 Å². The summed E-state index contributed by atoms with van der Waals surface area (Å²) in [6.07, 6.45) is 1.19. The molecule has 0 N–H and O–H groups in total. The first-order valence-corrected chi connectivity index (χ1v) is 8.58. The number of methoxy groups -OCH3 is 2. The Kier molecular flexibility index (Phi) is 4.67. The number of para-hydroxylation sites is 1. The van der Waals surface area contributed by atoms with E-state index in [9.17, 15) is 13.6 Å². The minimum Gasteiger partial charge on any atom is -0.493 e. The molecule has 0 aliphatic rings. The van der Waals surface area contributed by atoms with Crippen molar-refractivity contribution < 1.29 is 18.3 Å². The van der Waals surface area contributed by atoms with Crippen molar-refractivity contribution in [2.75, 3.05) is 14.2 Å². The van der Waals surface area contributed by atoms with Gasteiger partial charge in [0.25, 0.3) is 5.56 Å². The quantitative estimate of drug-likeness (QED) is 0.527. The summed E-state index contributed by atoms with van der Waals surface area (Å²) in [4.78, 5) is 21.6. The normalized spacial score (nSPS) is 10.9. The van der Waals surface area contributed by atoms with Gasteiger partial charge in [0.1, 0.15) is 18.0 Å². The van der Waals surface area contributed by atoms with Crippen LogP contribution in [0, 0.1) is 11.6 Å². The van der Waals surface area contributed by atoms with Gasteiger partial charge in [-0.15, -0.1) is 0 Å². The number of pyridine rings is 1. The Morgan fingerprint density at radius 1 is 1.00 bits per heavy atom. The Bertz CT molecular complexity index is 1290. The lowest BCUT2D eigenvalue weighted by Crippen LogP contribution is -2.21. The van der Waals surface area contributed by atoms with Gasteiger partial charge in [0.2, 0.25) is 0 Å². The third-order valence-corrected chi connectivity index (χ3v) is 4.46. The molecule has 0 bridgehead atoms. The van der Waals surface area contributed by atoms with Crippen molar-refractivity contribution in [3.8, 4) is 28.4 Å². The summed E-state index contributed by atoms with van der Waals surface area (Å²) >= 11 is 0. The van der Waals surface area contributed by atoms with E-state index in [1.54, 1.807) is 30.3 Å². The number of aromatic nitrogens is 3. The second-order valence-corrected chi connectivity index (χ2v) is 6.12. The summed E-state index contributed by atoms with van der Waals surface area (Å²) in [7, 11) is 3.03. The molecule has 4 aromatic rings. The second-order valence-electron chi connectivity index (χ2n) is 6.12. The number of hydrogen-bond acceptors (Lipinski definition) is 5. The molecule has 2 aromatic heterocycles. The predicted octanol–water partition coefficient (Wildman–Crippen LogP) is 3.74. The highest BCUT2D eigenvalue weighted by Gasteiger charge is 2.16. The zero-order valence-electron chi connectivity index (χ0n) is 15.5. The van der Waals surface area contributed by atoms with E-state index in [0.29, 0.717) is 34.3 Å². The smallest absolute Gasteiger partial charge is 0.284 e. The van der Waals surface area contributed by atoms with E-state index < -0.39 is 17.2 Å². The summed E-state index contributed by atoms with van der Waals surface area (Å²) in [5.74, 6) is -0.628. The number of rotatable bonds is 4. The van der Waals surface area contributed by atoms with Crippen LogP contribution in [-0.2, 0) is 0 Å². The molecule has 0 atom stereocenters. The predicted molar refractivity (Wildman–Crippen MR) is 104 cm³/mol. The molecule has 0 spiro atoms. The largest absolute Gasteiger partial charge is 0.493 e. The van der Waals surface area contributed by atoms with Crippen LogP contribution in [-0.4, -0.2) is 28.8 Å². The lowest BCUT2D eigenvalue weighted by atomic mass is 10.1. The molecule has 0 unspecified atom stereocenters. The number of hydrogen-bond donors (Lipinski definition) is 0. The van der Waals surface area contributed by atoms with Crippen LogP contribution in [0.5, 0.6) is 11.5 Å². The maximum absolute atomic E-state index is 14.2. The molecule has 0 radical (unpaired) electrons. The number of halogens is 2. The molecule has 2 heterocycles. The minimum atomic E-state index is -0.876. The van der Waals surface area contributed by atoms with Gasteiger partial charge in [-0.2, -0.15) is 0 Å². The zero-order chi connectivity index (χ0) is 20.5. The van der Waals surface area contributed by atoms with Crippen LogP contribution >= 0.6 is 0 Å². The maximum atomic E-state index is 14.2. The molecule has 0 saturated heterocycles. The fourth-order valence-electron chi connectivity index (χ4n) is 3.09. The molecule has 146 valence electrons. The first-order valence-electron chi connectivity index (χ1n) is 8.58. The lowest BCUT2D eigenvalue weighted by molar-refractivity contribution is 0.356. The number of ether oxygens (including phenoxy) is 2. The van der Waals surface area contributed by atoms with Crippen LogP contribution in [0.2, 0.25) is 0 Å². The summed E-state index contributed by atoms with van der Waals surface area (Å²) in [6, 6.07) is 11.6. The van der Waals surface area contributed by atoms with Gasteiger partial charge in [-0.05, 0) is 36.4 Å². The van der Waals surface area contributed by atoms with Crippen molar-refractivity contribution in [1.29, 1.82) is 0 Å². The highest BCUT2D eigenvalue weighted by atomic mass is 19.1. The summed E-state index contributed by atoms with van der Waals surface area (Å²) in [6.45, 7) is 0. The van der Waals surface area contributed by atoms with Gasteiger partial charge < -0.3 is 9.47 Å². The first kappa shape index (κ1) is 18.5. The van der Waals surface area contributed by atoms with Gasteiger partial charge in [0.05, 0.1) is 31.1 Å². The molecular formula is C21H15F2N3O3. The molecule has 0 fully saturated rings. The van der Waals surface area contributed by atoms with E-state index in [2.05, 4.69) is 9.97 Å². The molecule has 0 amide bonds. The van der Waals surface area contributed by atoms with Crippen LogP contribution in [0.4, 0.5) is 8.78 Å². The van der Waals surface area contributed by atoms with Crippen molar-refractivity contribution in [2.24, 2.45) is 0 Å². The molecule has 0 aliphatic heterocycles. The third-order valence-electron chi connectivity index (χ3n) is 4.46. The van der Waals surface area contributed by atoms with Crippen molar-refractivity contribution in [2.45, 2.75) is 0 Å². The van der Waals surface area contributed by atoms with Crippen molar-refractivity contribution in [3.63, 3.8) is 0 Å². The number of fused-ring (bicyclic) bond motifs is 1. The van der Waals surface area contributed by atoms with Crippen molar-refractivity contribution in [1.82, 2.24) is 14.5 Å². The topological polar surface area (TPSA) is 66.2 Å². The highest BCUT2D eigenvalue weighted by Crippen LogP contribution is 2.37. The lowest BCUT2D eigenvalue weighted by Gasteiger charge is -2.13. The fourth-order valence-corrected chi connectivity index (χ4v) is 3.09. The zero-order valence-corrected chi connectivity index (χ0v) is 15.5. The number of nitrogens with zero attached hydrogens (tertiary/aromatic N) is 3. The fraction of sp³-hybridized carbons (Fsp3) is 0.0952. The van der Waals surface area contributed by atoms with E-state index in [1.165, 1.54) is 26.6 Å². The van der Waals surface area contributed by atoms with E-state index in [1.807, 2.05) is 0 Å². The molecular weight excluding hydrogens is 380 g/mol. The van der Waals surface area contributed by atoms with Gasteiger partial charge in [0.15, 0.2) is 17.0 Å². The van der Waals surface area contributed by atoms with Crippen molar-refractivity contribution in [3.05, 3.63) is 76.8 Å². The van der Waals surface area contributed by atoms with Gasteiger partial charge in [-0.3, -0.25) is 9.36 Å². The Morgan fingerprint density at radius 2 is 1.83 bits per heavy atom. The highest BCUT2D eigenvalue weighted by molar-refractivity contribution is 5.80. The maximum Gasteiger partial charge on any atom is 0.284 e.